The largest absolute Gasteiger partial charge is 0.368 e. The van der Waals surface area contributed by atoms with Gasteiger partial charge in [-0.3, -0.25) is 4.79 Å². The van der Waals surface area contributed by atoms with Crippen molar-refractivity contribution in [3.63, 3.8) is 0 Å². The second-order valence-electron chi connectivity index (χ2n) is 5.50. The van der Waals surface area contributed by atoms with Crippen molar-refractivity contribution in [1.82, 2.24) is 19.9 Å². The van der Waals surface area contributed by atoms with Gasteiger partial charge in [0.2, 0.25) is 5.82 Å². The van der Waals surface area contributed by atoms with Crippen LogP contribution >= 0.6 is 0 Å². The van der Waals surface area contributed by atoms with Crippen LogP contribution in [0.5, 0.6) is 0 Å². The predicted octanol–water partition coefficient (Wildman–Crippen LogP) is 1.15. The fourth-order valence-corrected chi connectivity index (χ4v) is 2.43. The number of morpholine rings is 1. The molecule has 23 heavy (non-hydrogen) atoms. The average Bonchev–Trinajstić information content (AvgIpc) is 2.62. The number of carbonyl (C=O) groups is 1. The Morgan fingerprint density at radius 2 is 2.04 bits per heavy atom. The number of pyridine rings is 1. The third kappa shape index (κ3) is 3.45. The summed E-state index contributed by atoms with van der Waals surface area (Å²) < 4.78 is 5.80. The van der Waals surface area contributed by atoms with Crippen LogP contribution in [-0.4, -0.2) is 59.6 Å². The van der Waals surface area contributed by atoms with Gasteiger partial charge in [-0.15, -0.1) is 0 Å². The molecule has 1 atom stereocenters. The summed E-state index contributed by atoms with van der Waals surface area (Å²) in [5, 5.41) is 0. The summed E-state index contributed by atoms with van der Waals surface area (Å²) in [6.45, 7) is 1.44. The summed E-state index contributed by atoms with van der Waals surface area (Å²) in [7, 11) is 3.88. The zero-order valence-corrected chi connectivity index (χ0v) is 13.2. The first-order chi connectivity index (χ1) is 11.1. The molecular weight excluding hydrogens is 294 g/mol. The molecule has 0 unspecified atom stereocenters. The molecule has 0 bridgehead atoms. The molecule has 0 N–H and O–H groups in total. The van der Waals surface area contributed by atoms with Gasteiger partial charge in [0.05, 0.1) is 18.8 Å². The van der Waals surface area contributed by atoms with Crippen molar-refractivity contribution < 1.29 is 9.53 Å². The van der Waals surface area contributed by atoms with E-state index in [2.05, 4.69) is 15.0 Å². The van der Waals surface area contributed by atoms with E-state index < -0.39 is 0 Å². The molecule has 0 radical (unpaired) electrons. The van der Waals surface area contributed by atoms with Crippen molar-refractivity contribution in [3.05, 3.63) is 48.2 Å². The van der Waals surface area contributed by atoms with Crippen LogP contribution < -0.4 is 4.90 Å². The van der Waals surface area contributed by atoms with Gasteiger partial charge in [-0.1, -0.05) is 6.07 Å². The van der Waals surface area contributed by atoms with E-state index in [9.17, 15) is 4.79 Å². The standard InChI is InChI=1S/C16H19N5O2/c1-20(2)14-6-3-5-12(19-14)13-11-21(9-10-23-13)16(22)15-17-7-4-8-18-15/h3-8,13H,9-11H2,1-2H3/t13-/m1/s1. The molecule has 2 aromatic rings. The lowest BCUT2D eigenvalue weighted by Gasteiger charge is -2.32. The minimum Gasteiger partial charge on any atom is -0.368 e. The van der Waals surface area contributed by atoms with Crippen molar-refractivity contribution in [2.75, 3.05) is 38.7 Å². The van der Waals surface area contributed by atoms with E-state index in [0.29, 0.717) is 19.7 Å². The third-order valence-corrected chi connectivity index (χ3v) is 3.65. The Hall–Kier alpha value is -2.54. The van der Waals surface area contributed by atoms with Crippen molar-refractivity contribution in [3.8, 4) is 0 Å². The highest BCUT2D eigenvalue weighted by atomic mass is 16.5. The maximum atomic E-state index is 12.5. The molecule has 1 fully saturated rings. The van der Waals surface area contributed by atoms with Crippen LogP contribution in [-0.2, 0) is 4.74 Å². The molecule has 3 heterocycles. The number of hydrogen-bond donors (Lipinski definition) is 0. The monoisotopic (exact) mass is 313 g/mol. The van der Waals surface area contributed by atoms with Crippen LogP contribution in [0, 0.1) is 0 Å². The smallest absolute Gasteiger partial charge is 0.291 e. The molecule has 0 saturated carbocycles. The van der Waals surface area contributed by atoms with Gasteiger partial charge in [-0.25, -0.2) is 15.0 Å². The summed E-state index contributed by atoms with van der Waals surface area (Å²) in [6, 6.07) is 7.50. The van der Waals surface area contributed by atoms with E-state index in [1.807, 2.05) is 37.2 Å². The molecular formula is C16H19N5O2. The van der Waals surface area contributed by atoms with Gasteiger partial charge >= 0.3 is 0 Å². The summed E-state index contributed by atoms with van der Waals surface area (Å²) in [4.78, 5) is 28.8. The maximum Gasteiger partial charge on any atom is 0.291 e. The van der Waals surface area contributed by atoms with Gasteiger partial charge < -0.3 is 14.5 Å². The highest BCUT2D eigenvalue weighted by Crippen LogP contribution is 2.23. The number of carbonyl (C=O) groups excluding carboxylic acids is 1. The Bertz CT molecular complexity index is 677. The summed E-state index contributed by atoms with van der Waals surface area (Å²) in [6.07, 6.45) is 2.90. The zero-order chi connectivity index (χ0) is 16.2. The molecule has 0 spiro atoms. The van der Waals surface area contributed by atoms with Crippen molar-refractivity contribution in [2.24, 2.45) is 0 Å². The average molecular weight is 313 g/mol. The predicted molar refractivity (Wildman–Crippen MR) is 85.2 cm³/mol. The fraction of sp³-hybridized carbons (Fsp3) is 0.375. The highest BCUT2D eigenvalue weighted by Gasteiger charge is 2.28. The molecule has 3 rings (SSSR count). The van der Waals surface area contributed by atoms with E-state index in [1.54, 1.807) is 23.4 Å². The van der Waals surface area contributed by atoms with Crippen LogP contribution in [0.2, 0.25) is 0 Å². The SMILES string of the molecule is CN(C)c1cccc([C@H]2CN(C(=O)c3ncccn3)CCO2)n1. The number of aromatic nitrogens is 3. The first-order valence-electron chi connectivity index (χ1n) is 7.47. The van der Waals surface area contributed by atoms with Crippen molar-refractivity contribution in [2.45, 2.75) is 6.10 Å². The number of ether oxygens (including phenoxy) is 1. The van der Waals surface area contributed by atoms with E-state index in [-0.39, 0.29) is 17.8 Å². The molecule has 1 aliphatic heterocycles. The van der Waals surface area contributed by atoms with Crippen LogP contribution in [0.3, 0.4) is 0 Å². The Morgan fingerprint density at radius 3 is 2.78 bits per heavy atom. The molecule has 1 saturated heterocycles. The number of amides is 1. The van der Waals surface area contributed by atoms with E-state index in [0.717, 1.165) is 11.5 Å². The van der Waals surface area contributed by atoms with Gasteiger partial charge in [-0.2, -0.15) is 0 Å². The second-order valence-corrected chi connectivity index (χ2v) is 5.50. The Labute approximate surface area is 134 Å². The third-order valence-electron chi connectivity index (χ3n) is 3.65. The second kappa shape index (κ2) is 6.70. The van der Waals surface area contributed by atoms with Gasteiger partial charge in [-0.05, 0) is 18.2 Å². The van der Waals surface area contributed by atoms with E-state index >= 15 is 0 Å². The molecule has 1 amide bonds. The van der Waals surface area contributed by atoms with Crippen molar-refractivity contribution >= 4 is 11.7 Å². The lowest BCUT2D eigenvalue weighted by molar-refractivity contribution is -0.0250. The van der Waals surface area contributed by atoms with Gasteiger partial charge in [0.1, 0.15) is 11.9 Å². The van der Waals surface area contributed by atoms with Gasteiger partial charge in [0.25, 0.3) is 5.91 Å². The maximum absolute atomic E-state index is 12.5. The first-order valence-corrected chi connectivity index (χ1v) is 7.47. The Morgan fingerprint density at radius 1 is 1.26 bits per heavy atom. The highest BCUT2D eigenvalue weighted by molar-refractivity contribution is 5.90. The minimum absolute atomic E-state index is 0.178. The molecule has 1 aliphatic rings. The molecule has 2 aromatic heterocycles. The normalized spacial score (nSPS) is 17.8. The van der Waals surface area contributed by atoms with Gasteiger partial charge in [0.15, 0.2) is 0 Å². The molecule has 0 aliphatic carbocycles. The molecule has 120 valence electrons. The van der Waals surface area contributed by atoms with Crippen LogP contribution in [0.1, 0.15) is 22.4 Å². The van der Waals surface area contributed by atoms with E-state index in [1.165, 1.54) is 0 Å². The lowest BCUT2D eigenvalue weighted by atomic mass is 10.2. The van der Waals surface area contributed by atoms with Crippen LogP contribution in [0.15, 0.2) is 36.7 Å². The molecule has 7 nitrogen and oxygen atoms in total. The Kier molecular flexibility index (Phi) is 4.47. The first kappa shape index (κ1) is 15.4. The fourth-order valence-electron chi connectivity index (χ4n) is 2.43. The van der Waals surface area contributed by atoms with Crippen molar-refractivity contribution in [1.29, 1.82) is 0 Å². The molecule has 0 aromatic carbocycles. The zero-order valence-electron chi connectivity index (χ0n) is 13.2. The summed E-state index contributed by atoms with van der Waals surface area (Å²) in [5.74, 6) is 0.895. The topological polar surface area (TPSA) is 71.5 Å². The van der Waals surface area contributed by atoms with Gasteiger partial charge in [0, 0.05) is 33.0 Å². The minimum atomic E-state index is -0.240. The molecule has 7 heteroatoms. The number of nitrogens with zero attached hydrogens (tertiary/aromatic N) is 5. The quantitative estimate of drug-likeness (QED) is 0.846. The Balaban J connectivity index is 1.76. The lowest BCUT2D eigenvalue weighted by Crippen LogP contribution is -2.43. The van der Waals surface area contributed by atoms with E-state index in [4.69, 9.17) is 4.74 Å². The summed E-state index contributed by atoms with van der Waals surface area (Å²) in [5.41, 5.74) is 0.822. The van der Waals surface area contributed by atoms with Crippen LogP contribution in [0.25, 0.3) is 0 Å². The number of anilines is 1. The number of hydrogen-bond acceptors (Lipinski definition) is 6. The summed E-state index contributed by atoms with van der Waals surface area (Å²) >= 11 is 0. The number of rotatable bonds is 3. The van der Waals surface area contributed by atoms with Crippen LogP contribution in [0.4, 0.5) is 5.82 Å².